The van der Waals surface area contributed by atoms with E-state index in [0.29, 0.717) is 12.2 Å². The summed E-state index contributed by atoms with van der Waals surface area (Å²) in [6.45, 7) is 6.62. The third-order valence-corrected chi connectivity index (χ3v) is 4.13. The first kappa shape index (κ1) is 14.0. The number of ether oxygens (including phenoxy) is 2. The molecule has 0 saturated carbocycles. The molecular formula is C15H24N2O3. The molecule has 0 radical (unpaired) electrons. The Morgan fingerprint density at radius 3 is 2.85 bits per heavy atom. The lowest BCUT2D eigenvalue weighted by molar-refractivity contribution is -0.0432. The lowest BCUT2D eigenvalue weighted by Gasteiger charge is -2.31. The molecular weight excluding hydrogens is 256 g/mol. The van der Waals surface area contributed by atoms with E-state index in [4.69, 9.17) is 14.0 Å². The second-order valence-corrected chi connectivity index (χ2v) is 5.88. The maximum Gasteiger partial charge on any atom is 0.150 e. The van der Waals surface area contributed by atoms with E-state index in [0.717, 1.165) is 63.6 Å². The Labute approximate surface area is 120 Å². The van der Waals surface area contributed by atoms with Gasteiger partial charge < -0.3 is 14.0 Å². The van der Waals surface area contributed by atoms with Crippen LogP contribution in [0, 0.1) is 6.92 Å². The molecule has 1 atom stereocenters. The van der Waals surface area contributed by atoms with E-state index in [1.807, 2.05) is 13.0 Å². The van der Waals surface area contributed by atoms with Gasteiger partial charge in [0.2, 0.25) is 0 Å². The van der Waals surface area contributed by atoms with Gasteiger partial charge in [-0.25, -0.2) is 0 Å². The first-order chi connectivity index (χ1) is 9.79. The van der Waals surface area contributed by atoms with Gasteiger partial charge in [-0.05, 0) is 32.6 Å². The molecule has 5 nitrogen and oxygen atoms in total. The van der Waals surface area contributed by atoms with Crippen LogP contribution in [0.1, 0.15) is 37.1 Å². The van der Waals surface area contributed by atoms with Gasteiger partial charge in [0.05, 0.1) is 31.1 Å². The molecule has 20 heavy (non-hydrogen) atoms. The average Bonchev–Trinajstić information content (AvgIpc) is 3.10. The second kappa shape index (κ2) is 6.70. The van der Waals surface area contributed by atoms with Crippen LogP contribution in [0.3, 0.4) is 0 Å². The van der Waals surface area contributed by atoms with Crippen LogP contribution in [0.4, 0.5) is 0 Å². The van der Waals surface area contributed by atoms with Gasteiger partial charge in [0.15, 0.2) is 5.76 Å². The Hall–Kier alpha value is -0.910. The molecule has 2 aliphatic rings. The van der Waals surface area contributed by atoms with Crippen molar-refractivity contribution in [2.45, 2.75) is 51.4 Å². The standard InChI is InChI=1S/C15H24N2O3/c1-12-9-15(20-16-12)10-17-6-4-13(5-7-17)19-11-14-3-2-8-18-14/h9,13-14H,2-8,10-11H2,1H3. The van der Waals surface area contributed by atoms with E-state index in [-0.39, 0.29) is 0 Å². The first-order valence-corrected chi connectivity index (χ1v) is 7.67. The second-order valence-electron chi connectivity index (χ2n) is 5.88. The molecule has 0 aliphatic carbocycles. The normalized spacial score (nSPS) is 25.4. The summed E-state index contributed by atoms with van der Waals surface area (Å²) in [5.74, 6) is 0.959. The molecule has 112 valence electrons. The summed E-state index contributed by atoms with van der Waals surface area (Å²) in [5.41, 5.74) is 0.954. The molecule has 0 spiro atoms. The number of aromatic nitrogens is 1. The maximum atomic E-state index is 5.98. The average molecular weight is 280 g/mol. The lowest BCUT2D eigenvalue weighted by Crippen LogP contribution is -2.37. The van der Waals surface area contributed by atoms with Crippen LogP contribution < -0.4 is 0 Å². The number of nitrogens with zero attached hydrogens (tertiary/aromatic N) is 2. The summed E-state index contributed by atoms with van der Waals surface area (Å²) < 4.78 is 16.8. The van der Waals surface area contributed by atoms with Crippen LogP contribution in [0.2, 0.25) is 0 Å². The van der Waals surface area contributed by atoms with Crippen molar-refractivity contribution >= 4 is 0 Å². The van der Waals surface area contributed by atoms with Crippen LogP contribution in [-0.4, -0.2) is 48.6 Å². The van der Waals surface area contributed by atoms with Gasteiger partial charge in [-0.3, -0.25) is 4.90 Å². The van der Waals surface area contributed by atoms with Crippen molar-refractivity contribution in [3.63, 3.8) is 0 Å². The fraction of sp³-hybridized carbons (Fsp3) is 0.800. The van der Waals surface area contributed by atoms with Crippen LogP contribution in [-0.2, 0) is 16.0 Å². The molecule has 0 bridgehead atoms. The van der Waals surface area contributed by atoms with Crippen molar-refractivity contribution in [3.8, 4) is 0 Å². The number of hydrogen-bond donors (Lipinski definition) is 0. The molecule has 1 unspecified atom stereocenters. The minimum Gasteiger partial charge on any atom is -0.376 e. The topological polar surface area (TPSA) is 47.7 Å². The first-order valence-electron chi connectivity index (χ1n) is 7.67. The third kappa shape index (κ3) is 3.81. The summed E-state index contributed by atoms with van der Waals surface area (Å²) in [5, 5.41) is 3.93. The minimum absolute atomic E-state index is 0.338. The monoisotopic (exact) mass is 280 g/mol. The van der Waals surface area contributed by atoms with Crippen molar-refractivity contribution in [3.05, 3.63) is 17.5 Å². The van der Waals surface area contributed by atoms with E-state index in [1.54, 1.807) is 0 Å². The number of likely N-dealkylation sites (tertiary alicyclic amines) is 1. The minimum atomic E-state index is 0.338. The molecule has 2 fully saturated rings. The van der Waals surface area contributed by atoms with E-state index in [1.165, 1.54) is 6.42 Å². The summed E-state index contributed by atoms with van der Waals surface area (Å²) in [4.78, 5) is 2.41. The van der Waals surface area contributed by atoms with Crippen molar-refractivity contribution < 1.29 is 14.0 Å². The molecule has 0 aromatic carbocycles. The van der Waals surface area contributed by atoms with Gasteiger partial charge in [-0.2, -0.15) is 0 Å². The highest BCUT2D eigenvalue weighted by atomic mass is 16.5. The number of rotatable bonds is 5. The summed E-state index contributed by atoms with van der Waals surface area (Å²) in [7, 11) is 0. The Kier molecular flexibility index (Phi) is 4.70. The Morgan fingerprint density at radius 1 is 1.35 bits per heavy atom. The highest BCUT2D eigenvalue weighted by molar-refractivity contribution is 5.03. The zero-order chi connectivity index (χ0) is 13.8. The molecule has 1 aromatic heterocycles. The zero-order valence-electron chi connectivity index (χ0n) is 12.2. The lowest BCUT2D eigenvalue weighted by atomic mass is 10.1. The van der Waals surface area contributed by atoms with E-state index in [9.17, 15) is 0 Å². The largest absolute Gasteiger partial charge is 0.376 e. The van der Waals surface area contributed by atoms with E-state index < -0.39 is 0 Å². The highest BCUT2D eigenvalue weighted by Gasteiger charge is 2.23. The van der Waals surface area contributed by atoms with Crippen LogP contribution in [0.25, 0.3) is 0 Å². The number of aryl methyl sites for hydroxylation is 1. The number of piperidine rings is 1. The van der Waals surface area contributed by atoms with Crippen LogP contribution >= 0.6 is 0 Å². The molecule has 2 saturated heterocycles. The smallest absolute Gasteiger partial charge is 0.150 e. The quantitative estimate of drug-likeness (QED) is 0.827. The van der Waals surface area contributed by atoms with Crippen molar-refractivity contribution in [1.82, 2.24) is 10.1 Å². The Morgan fingerprint density at radius 2 is 2.20 bits per heavy atom. The molecule has 3 rings (SSSR count). The van der Waals surface area contributed by atoms with E-state index >= 15 is 0 Å². The molecule has 2 aliphatic heterocycles. The molecule has 3 heterocycles. The maximum absolute atomic E-state index is 5.98. The summed E-state index contributed by atoms with van der Waals surface area (Å²) in [6, 6.07) is 2.01. The van der Waals surface area contributed by atoms with Gasteiger partial charge in [0, 0.05) is 25.8 Å². The van der Waals surface area contributed by atoms with Gasteiger partial charge in [-0.1, -0.05) is 5.16 Å². The highest BCUT2D eigenvalue weighted by Crippen LogP contribution is 2.19. The van der Waals surface area contributed by atoms with E-state index in [2.05, 4.69) is 10.1 Å². The van der Waals surface area contributed by atoms with Crippen molar-refractivity contribution in [2.24, 2.45) is 0 Å². The SMILES string of the molecule is Cc1cc(CN2CCC(OCC3CCCO3)CC2)on1. The van der Waals surface area contributed by atoms with Gasteiger partial charge in [-0.15, -0.1) is 0 Å². The predicted octanol–water partition coefficient (Wildman–Crippen LogP) is 2.14. The van der Waals surface area contributed by atoms with Gasteiger partial charge in [0.25, 0.3) is 0 Å². The molecule has 0 amide bonds. The molecule has 0 N–H and O–H groups in total. The fourth-order valence-corrected chi connectivity index (χ4v) is 2.96. The van der Waals surface area contributed by atoms with Crippen LogP contribution in [0.15, 0.2) is 10.6 Å². The van der Waals surface area contributed by atoms with Gasteiger partial charge >= 0.3 is 0 Å². The summed E-state index contributed by atoms with van der Waals surface area (Å²) >= 11 is 0. The summed E-state index contributed by atoms with van der Waals surface area (Å²) in [6.07, 6.45) is 5.27. The van der Waals surface area contributed by atoms with Crippen molar-refractivity contribution in [1.29, 1.82) is 0 Å². The molecule has 1 aromatic rings. The number of hydrogen-bond acceptors (Lipinski definition) is 5. The predicted molar refractivity (Wildman–Crippen MR) is 74.5 cm³/mol. The zero-order valence-corrected chi connectivity index (χ0v) is 12.2. The molecule has 5 heteroatoms. The Balaban J connectivity index is 1.36. The fourth-order valence-electron chi connectivity index (χ4n) is 2.96. The van der Waals surface area contributed by atoms with Crippen molar-refractivity contribution in [2.75, 3.05) is 26.3 Å². The third-order valence-electron chi connectivity index (χ3n) is 4.13. The van der Waals surface area contributed by atoms with Gasteiger partial charge in [0.1, 0.15) is 0 Å². The Bertz CT molecular complexity index is 407. The van der Waals surface area contributed by atoms with Crippen LogP contribution in [0.5, 0.6) is 0 Å².